The Morgan fingerprint density at radius 1 is 1.29 bits per heavy atom. The van der Waals surface area contributed by atoms with Crippen molar-refractivity contribution in [3.05, 3.63) is 28.0 Å². The zero-order valence-corrected chi connectivity index (χ0v) is 14.2. The lowest BCUT2D eigenvalue weighted by Crippen LogP contribution is -2.36. The first-order valence-corrected chi connectivity index (χ1v) is 9.64. The van der Waals surface area contributed by atoms with Crippen LogP contribution in [-0.4, -0.2) is 20.4 Å². The smallest absolute Gasteiger partial charge is 0.264 e. The van der Waals surface area contributed by atoms with E-state index in [0.29, 0.717) is 0 Å². The van der Waals surface area contributed by atoms with Gasteiger partial charge in [-0.1, -0.05) is 19.3 Å². The molecule has 0 heterocycles. The fourth-order valence-corrected chi connectivity index (χ4v) is 3.80. The van der Waals surface area contributed by atoms with Crippen molar-refractivity contribution in [2.24, 2.45) is 0 Å². The van der Waals surface area contributed by atoms with Crippen LogP contribution in [-0.2, 0) is 9.05 Å². The molecule has 0 saturated heterocycles. The molecule has 1 N–H and O–H groups in total. The van der Waals surface area contributed by atoms with Crippen LogP contribution in [0.15, 0.2) is 21.5 Å². The highest BCUT2D eigenvalue weighted by molar-refractivity contribution is 9.10. The Morgan fingerprint density at radius 2 is 1.90 bits per heavy atom. The highest BCUT2D eigenvalue weighted by atomic mass is 79.9. The van der Waals surface area contributed by atoms with Crippen molar-refractivity contribution in [1.29, 1.82) is 0 Å². The predicted octanol–water partition coefficient (Wildman–Crippen LogP) is 3.58. The zero-order valence-electron chi connectivity index (χ0n) is 11.0. The molecule has 21 heavy (non-hydrogen) atoms. The van der Waals surface area contributed by atoms with E-state index < -0.39 is 25.7 Å². The molecule has 116 valence electrons. The van der Waals surface area contributed by atoms with Gasteiger partial charge in [0.2, 0.25) is 0 Å². The Balaban J connectivity index is 2.28. The minimum Gasteiger partial charge on any atom is -0.349 e. The van der Waals surface area contributed by atoms with E-state index in [1.165, 1.54) is 0 Å². The van der Waals surface area contributed by atoms with E-state index in [2.05, 4.69) is 21.2 Å². The monoisotopic (exact) mass is 397 g/mol. The van der Waals surface area contributed by atoms with Gasteiger partial charge in [-0.25, -0.2) is 12.8 Å². The van der Waals surface area contributed by atoms with Gasteiger partial charge in [0.05, 0.1) is 5.56 Å². The first-order chi connectivity index (χ1) is 9.79. The second kappa shape index (κ2) is 6.62. The maximum Gasteiger partial charge on any atom is 0.264 e. The number of halogens is 3. The Kier molecular flexibility index (Phi) is 5.27. The van der Waals surface area contributed by atoms with Crippen molar-refractivity contribution in [2.45, 2.75) is 43.0 Å². The van der Waals surface area contributed by atoms with Crippen LogP contribution in [0.1, 0.15) is 42.5 Å². The lowest BCUT2D eigenvalue weighted by Gasteiger charge is -2.23. The number of hydrogen-bond donors (Lipinski definition) is 1. The molecular formula is C13H14BrClFNO3S. The Hall–Kier alpha value is -0.660. The van der Waals surface area contributed by atoms with Crippen molar-refractivity contribution < 1.29 is 17.6 Å². The Bertz CT molecular complexity index is 660. The minimum atomic E-state index is -4.24. The van der Waals surface area contributed by atoms with Gasteiger partial charge < -0.3 is 5.32 Å². The molecule has 1 saturated carbocycles. The molecule has 2 rings (SSSR count). The van der Waals surface area contributed by atoms with Crippen molar-refractivity contribution in [2.75, 3.05) is 0 Å². The van der Waals surface area contributed by atoms with E-state index in [1.54, 1.807) is 0 Å². The van der Waals surface area contributed by atoms with Crippen LogP contribution in [0.5, 0.6) is 0 Å². The summed E-state index contributed by atoms with van der Waals surface area (Å²) in [7, 11) is 0.927. The van der Waals surface area contributed by atoms with Crippen molar-refractivity contribution in [3.63, 3.8) is 0 Å². The molecule has 1 aliphatic carbocycles. The Labute approximate surface area is 135 Å². The maximum atomic E-state index is 13.6. The van der Waals surface area contributed by atoms with E-state index in [4.69, 9.17) is 10.7 Å². The summed E-state index contributed by atoms with van der Waals surface area (Å²) in [5, 5.41) is 2.84. The molecule has 0 unspecified atom stereocenters. The van der Waals surface area contributed by atoms with Crippen LogP contribution in [0.3, 0.4) is 0 Å². The van der Waals surface area contributed by atoms with Crippen LogP contribution >= 0.6 is 26.6 Å². The summed E-state index contributed by atoms with van der Waals surface area (Å²) in [4.78, 5) is 11.5. The third-order valence-electron chi connectivity index (χ3n) is 3.47. The fourth-order valence-electron chi connectivity index (χ4n) is 2.40. The van der Waals surface area contributed by atoms with Crippen LogP contribution in [0, 0.1) is 5.82 Å². The Morgan fingerprint density at radius 3 is 2.48 bits per heavy atom. The van der Waals surface area contributed by atoms with Crippen LogP contribution < -0.4 is 5.32 Å². The summed E-state index contributed by atoms with van der Waals surface area (Å²) in [5.41, 5.74) is 0.0567. The average molecular weight is 399 g/mol. The molecule has 0 bridgehead atoms. The summed E-state index contributed by atoms with van der Waals surface area (Å²) < 4.78 is 36.4. The first kappa shape index (κ1) is 16.7. The normalized spacial score (nSPS) is 16.7. The van der Waals surface area contributed by atoms with E-state index in [9.17, 15) is 17.6 Å². The van der Waals surface area contributed by atoms with Crippen LogP contribution in [0.25, 0.3) is 0 Å². The molecular weight excluding hydrogens is 385 g/mol. The van der Waals surface area contributed by atoms with E-state index in [1.807, 2.05) is 0 Å². The zero-order chi connectivity index (χ0) is 15.6. The summed E-state index contributed by atoms with van der Waals surface area (Å²) >= 11 is 3.07. The maximum absolute atomic E-state index is 13.6. The van der Waals surface area contributed by atoms with Gasteiger partial charge in [0, 0.05) is 21.2 Å². The molecule has 1 fully saturated rings. The number of carbonyl (C=O) groups is 1. The van der Waals surface area contributed by atoms with Gasteiger partial charge in [-0.05, 0) is 40.9 Å². The highest BCUT2D eigenvalue weighted by Crippen LogP contribution is 2.27. The molecule has 1 aromatic rings. The van der Waals surface area contributed by atoms with Crippen LogP contribution in [0.2, 0.25) is 0 Å². The second-order valence-electron chi connectivity index (χ2n) is 5.01. The lowest BCUT2D eigenvalue weighted by atomic mass is 9.95. The number of amides is 1. The lowest BCUT2D eigenvalue weighted by molar-refractivity contribution is 0.0926. The van der Waals surface area contributed by atoms with Gasteiger partial charge in [0.1, 0.15) is 10.7 Å². The molecule has 1 aliphatic rings. The molecule has 1 aromatic carbocycles. The molecule has 1 amide bonds. The van der Waals surface area contributed by atoms with Gasteiger partial charge in [-0.2, -0.15) is 0 Å². The second-order valence-corrected chi connectivity index (χ2v) is 8.40. The predicted molar refractivity (Wildman–Crippen MR) is 81.5 cm³/mol. The topological polar surface area (TPSA) is 63.2 Å². The minimum absolute atomic E-state index is 0.0567. The van der Waals surface area contributed by atoms with Crippen molar-refractivity contribution in [1.82, 2.24) is 5.32 Å². The number of nitrogens with one attached hydrogen (secondary N) is 1. The van der Waals surface area contributed by atoms with Gasteiger partial charge >= 0.3 is 0 Å². The molecule has 0 aromatic heterocycles. The molecule has 8 heteroatoms. The molecule has 0 aliphatic heterocycles. The van der Waals surface area contributed by atoms with Gasteiger partial charge in [-0.15, -0.1) is 0 Å². The number of hydrogen-bond acceptors (Lipinski definition) is 3. The summed E-state index contributed by atoms with van der Waals surface area (Å²) in [6.07, 6.45) is 5.05. The fraction of sp³-hybridized carbons (Fsp3) is 0.462. The summed E-state index contributed by atoms with van der Waals surface area (Å²) in [6, 6.07) is 1.96. The van der Waals surface area contributed by atoms with E-state index in [0.717, 1.165) is 44.2 Å². The molecule has 0 atom stereocenters. The molecule has 4 nitrogen and oxygen atoms in total. The summed E-state index contributed by atoms with van der Waals surface area (Å²) in [6.45, 7) is 0. The number of rotatable bonds is 3. The molecule has 0 spiro atoms. The van der Waals surface area contributed by atoms with Crippen molar-refractivity contribution >= 4 is 41.6 Å². The third-order valence-corrected chi connectivity index (χ3v) is 5.46. The quantitative estimate of drug-likeness (QED) is 0.792. The molecule has 0 radical (unpaired) electrons. The van der Waals surface area contributed by atoms with Gasteiger partial charge in [0.15, 0.2) is 0 Å². The number of carbonyl (C=O) groups excluding carboxylic acids is 1. The van der Waals surface area contributed by atoms with Crippen LogP contribution in [0.4, 0.5) is 4.39 Å². The van der Waals surface area contributed by atoms with Gasteiger partial charge in [-0.3, -0.25) is 4.79 Å². The SMILES string of the molecule is O=C(NC1CCCCC1)c1cc(S(=O)(=O)Cl)c(F)cc1Br. The van der Waals surface area contributed by atoms with Crippen molar-refractivity contribution in [3.8, 4) is 0 Å². The highest BCUT2D eigenvalue weighted by Gasteiger charge is 2.23. The average Bonchev–Trinajstić information content (AvgIpc) is 2.38. The van der Waals surface area contributed by atoms with Gasteiger partial charge in [0.25, 0.3) is 15.0 Å². The number of benzene rings is 1. The van der Waals surface area contributed by atoms with E-state index >= 15 is 0 Å². The largest absolute Gasteiger partial charge is 0.349 e. The standard InChI is InChI=1S/C13H14BrClFNO3S/c14-10-7-11(16)12(21(15,19)20)6-9(10)13(18)17-8-4-2-1-3-5-8/h6-8H,1-5H2,(H,17,18). The summed E-state index contributed by atoms with van der Waals surface area (Å²) in [5.74, 6) is -1.43. The first-order valence-electron chi connectivity index (χ1n) is 6.53. The third kappa shape index (κ3) is 4.17. The van der Waals surface area contributed by atoms with E-state index in [-0.39, 0.29) is 16.1 Å².